The van der Waals surface area contributed by atoms with Crippen molar-refractivity contribution < 1.29 is 0 Å². The van der Waals surface area contributed by atoms with E-state index in [1.807, 2.05) is 11.8 Å². The maximum Gasteiger partial charge on any atom is 0.332 e. The van der Waals surface area contributed by atoms with Crippen LogP contribution in [0, 0.1) is 20.8 Å². The molecule has 9 aromatic carbocycles. The van der Waals surface area contributed by atoms with E-state index in [4.69, 9.17) is 0 Å². The number of fused-ring (bicyclic) bond motifs is 11. The van der Waals surface area contributed by atoms with Gasteiger partial charge in [-0.15, -0.1) is 11.8 Å². The van der Waals surface area contributed by atoms with Gasteiger partial charge in [0.1, 0.15) is 0 Å². The molecule has 11 aromatic rings. The van der Waals surface area contributed by atoms with Gasteiger partial charge in [0, 0.05) is 61.2 Å². The van der Waals surface area contributed by atoms with Crippen LogP contribution in [-0.2, 0) is 0 Å². The fourth-order valence-corrected chi connectivity index (χ4v) is 13.4. The predicted molar refractivity (Wildman–Crippen MR) is 287 cm³/mol. The summed E-state index contributed by atoms with van der Waals surface area (Å²) in [5.74, 6) is 0. The van der Waals surface area contributed by atoms with Crippen molar-refractivity contribution in [2.24, 2.45) is 0 Å². The number of aryl methyl sites for hydroxylation is 3. The van der Waals surface area contributed by atoms with Crippen LogP contribution in [0.5, 0.6) is 0 Å². The first-order valence-corrected chi connectivity index (χ1v) is 24.7. The molecule has 0 atom stereocenters. The van der Waals surface area contributed by atoms with Gasteiger partial charge in [-0.2, -0.15) is 0 Å². The molecule has 6 heterocycles. The molecule has 4 aliphatic heterocycles. The Kier molecular flexibility index (Phi) is 7.57. The van der Waals surface area contributed by atoms with Crippen molar-refractivity contribution in [1.82, 2.24) is 8.96 Å². The molecular weight excluding hydrogens is 830 g/mol. The van der Waals surface area contributed by atoms with Gasteiger partial charge in [0.05, 0.1) is 0 Å². The number of rotatable bonds is 4. The van der Waals surface area contributed by atoms with Crippen LogP contribution in [-0.4, -0.2) is 28.9 Å². The molecule has 0 unspecified atom stereocenters. The molecule has 7 heteroatoms. The molecule has 0 amide bonds. The van der Waals surface area contributed by atoms with Gasteiger partial charge >= 0.3 is 13.7 Å². The second-order valence-electron chi connectivity index (χ2n) is 19.0. The first-order chi connectivity index (χ1) is 32.9. The molecule has 2 aromatic heterocycles. The van der Waals surface area contributed by atoms with Gasteiger partial charge in [0.15, 0.2) is 0 Å². The fraction of sp³-hybridized carbons (Fsp3) is 0.0667. The summed E-state index contributed by atoms with van der Waals surface area (Å²) in [6.07, 6.45) is 6.86. The zero-order valence-corrected chi connectivity index (χ0v) is 38.5. The topological polar surface area (TPSA) is 16.3 Å². The van der Waals surface area contributed by atoms with Crippen LogP contribution in [0.3, 0.4) is 0 Å². The monoisotopic (exact) mass is 872 g/mol. The van der Waals surface area contributed by atoms with Crippen molar-refractivity contribution in [2.45, 2.75) is 25.7 Å². The van der Waals surface area contributed by atoms with E-state index in [0.29, 0.717) is 0 Å². The van der Waals surface area contributed by atoms with Crippen LogP contribution in [0.15, 0.2) is 187 Å². The Balaban J connectivity index is 1.14. The Labute approximate surface area is 394 Å². The predicted octanol–water partition coefficient (Wildman–Crippen LogP) is 12.9. The van der Waals surface area contributed by atoms with E-state index >= 15 is 0 Å². The molecule has 4 nitrogen and oxygen atoms in total. The number of thioether (sulfide) groups is 1. The molecule has 67 heavy (non-hydrogen) atoms. The lowest BCUT2D eigenvalue weighted by molar-refractivity contribution is 1.22. The van der Waals surface area contributed by atoms with Gasteiger partial charge in [0.2, 0.25) is 0 Å². The van der Waals surface area contributed by atoms with E-state index in [0.717, 1.165) is 11.4 Å². The van der Waals surface area contributed by atoms with Crippen molar-refractivity contribution >= 4 is 114 Å². The minimum atomic E-state index is -0.0399. The first kappa shape index (κ1) is 37.6. The van der Waals surface area contributed by atoms with Crippen LogP contribution in [0.2, 0.25) is 0 Å². The molecule has 0 aliphatic carbocycles. The molecule has 0 N–H and O–H groups in total. The van der Waals surface area contributed by atoms with Gasteiger partial charge in [-0.1, -0.05) is 109 Å². The van der Waals surface area contributed by atoms with Crippen molar-refractivity contribution in [2.75, 3.05) is 16.1 Å². The smallest absolute Gasteiger partial charge is 0.332 e. The molecule has 314 valence electrons. The van der Waals surface area contributed by atoms with Crippen molar-refractivity contribution in [3.8, 4) is 33.4 Å². The summed E-state index contributed by atoms with van der Waals surface area (Å²) in [5, 5.41) is 5.11. The van der Waals surface area contributed by atoms with Gasteiger partial charge in [0.25, 0.3) is 0 Å². The highest BCUT2D eigenvalue weighted by Crippen LogP contribution is 2.52. The molecule has 0 saturated carbocycles. The number of nitrogens with zero attached hydrogens (tertiary/aromatic N) is 4. The molecule has 15 rings (SSSR count). The second-order valence-corrected chi connectivity index (χ2v) is 19.9. The minimum absolute atomic E-state index is 0.0111. The molecule has 0 spiro atoms. The third kappa shape index (κ3) is 4.92. The second kappa shape index (κ2) is 13.5. The third-order valence-corrected chi connectivity index (χ3v) is 16.1. The zero-order valence-electron chi connectivity index (χ0n) is 37.7. The molecule has 0 bridgehead atoms. The Hall–Kier alpha value is -7.60. The summed E-state index contributed by atoms with van der Waals surface area (Å²) in [6, 6.07) is 64.9. The van der Waals surface area contributed by atoms with Crippen molar-refractivity contribution in [3.05, 3.63) is 199 Å². The molecule has 0 fully saturated rings. The summed E-state index contributed by atoms with van der Waals surface area (Å²) < 4.78 is 5.14. The largest absolute Gasteiger partial charge is 0.382 e. The van der Waals surface area contributed by atoms with Crippen LogP contribution < -0.4 is 31.7 Å². The van der Waals surface area contributed by atoms with Gasteiger partial charge in [-0.25, -0.2) is 0 Å². The summed E-state index contributed by atoms with van der Waals surface area (Å²) in [5.41, 5.74) is 26.9. The normalized spacial score (nSPS) is 13.6. The highest BCUT2D eigenvalue weighted by Gasteiger charge is 2.46. The van der Waals surface area contributed by atoms with E-state index in [1.54, 1.807) is 0 Å². The molecule has 4 aliphatic rings. The zero-order chi connectivity index (χ0) is 44.4. The van der Waals surface area contributed by atoms with Crippen molar-refractivity contribution in [1.29, 1.82) is 0 Å². The van der Waals surface area contributed by atoms with E-state index in [1.165, 1.54) is 132 Å². The van der Waals surface area contributed by atoms with Gasteiger partial charge in [-0.3, -0.25) is 0 Å². The number of hydrogen-bond acceptors (Lipinski definition) is 3. The molecular formula is C60H42B2N4S. The highest BCUT2D eigenvalue weighted by atomic mass is 32.2. The van der Waals surface area contributed by atoms with Crippen LogP contribution in [0.25, 0.3) is 66.0 Å². The number of para-hydroxylation sites is 4. The van der Waals surface area contributed by atoms with Crippen molar-refractivity contribution in [3.63, 3.8) is 0 Å². The Morgan fingerprint density at radius 2 is 0.940 bits per heavy atom. The standard InChI is InChI=1S/C60H42B2N4S/c1-35-29-36(2)54(37(3)30-35)40-21-23-48-50(31-40)65(41-15-7-5-8-16-41)52-33-46-47(55-44-19-11-13-38-25-27-63(59(38)44)61(48)57(52)55)34-53-58-56(46)45-20-12-14-39-26-28-64(60(39)45)62(58)49-24-22-43(67-4)32-51(49)66(53)42-17-9-6-10-18-42/h5-34H,1-4H3. The first-order valence-electron chi connectivity index (χ1n) is 23.4. The summed E-state index contributed by atoms with van der Waals surface area (Å²) in [7, 11) is 0. The third-order valence-electron chi connectivity index (χ3n) is 15.4. The van der Waals surface area contributed by atoms with E-state index in [9.17, 15) is 0 Å². The number of benzene rings is 9. The fourth-order valence-electron chi connectivity index (χ4n) is 13.0. The molecule has 0 radical (unpaired) electrons. The summed E-state index contributed by atoms with van der Waals surface area (Å²) in [6.45, 7) is 6.68. The Morgan fingerprint density at radius 3 is 1.46 bits per heavy atom. The SMILES string of the molecule is CSc1ccc2c(c1)N(c1ccccc1)c1cc3c4c5c(cc3c3c1B2n1ccc2cccc-3c21)N(c1ccccc1)c1cc(-c2c(C)cc(C)cc2C)ccc1B5n1ccc2cccc-4c21. The average molecular weight is 873 g/mol. The summed E-state index contributed by atoms with van der Waals surface area (Å²) in [4.78, 5) is 6.41. The minimum Gasteiger partial charge on any atom is -0.382 e. The van der Waals surface area contributed by atoms with Crippen LogP contribution in [0.1, 0.15) is 16.7 Å². The lowest BCUT2D eigenvalue weighted by Crippen LogP contribution is -2.57. The highest BCUT2D eigenvalue weighted by molar-refractivity contribution is 7.98. The van der Waals surface area contributed by atoms with Crippen LogP contribution in [0.4, 0.5) is 34.1 Å². The maximum atomic E-state index is 2.59. The Bertz CT molecular complexity index is 3960. The maximum absolute atomic E-state index is 2.59. The van der Waals surface area contributed by atoms with Crippen LogP contribution >= 0.6 is 11.8 Å². The van der Waals surface area contributed by atoms with E-state index in [2.05, 4.69) is 228 Å². The lowest BCUT2D eigenvalue weighted by Gasteiger charge is -2.43. The lowest BCUT2D eigenvalue weighted by atomic mass is 9.43. The summed E-state index contributed by atoms with van der Waals surface area (Å²) >= 11 is 1.81. The number of aromatic nitrogens is 2. The average Bonchev–Trinajstić information content (AvgIpc) is 3.99. The number of anilines is 6. The van der Waals surface area contributed by atoms with Gasteiger partial charge in [-0.05, 0) is 183 Å². The quantitative estimate of drug-likeness (QED) is 0.129. The Morgan fingerprint density at radius 1 is 0.433 bits per heavy atom. The van der Waals surface area contributed by atoms with Gasteiger partial charge < -0.3 is 18.8 Å². The van der Waals surface area contributed by atoms with E-state index < -0.39 is 0 Å². The number of hydrogen-bond donors (Lipinski definition) is 0. The molecule has 0 saturated heterocycles. The van der Waals surface area contributed by atoms with E-state index in [-0.39, 0.29) is 13.7 Å².